The van der Waals surface area contributed by atoms with Gasteiger partial charge in [0.25, 0.3) is 5.91 Å². The summed E-state index contributed by atoms with van der Waals surface area (Å²) in [4.78, 5) is 16.6. The number of carbonyl (C=O) groups excluding carboxylic acids is 1. The fourth-order valence-corrected chi connectivity index (χ4v) is 3.06. The van der Waals surface area contributed by atoms with Crippen LogP contribution < -0.4 is 11.1 Å². The number of rotatable bonds is 7. The molecule has 7 heteroatoms. The van der Waals surface area contributed by atoms with Gasteiger partial charge in [0.05, 0.1) is 24.4 Å². The summed E-state index contributed by atoms with van der Waals surface area (Å²) >= 11 is 0. The number of amides is 1. The average molecular weight is 406 g/mol. The van der Waals surface area contributed by atoms with Gasteiger partial charge in [-0.25, -0.2) is 4.39 Å². The van der Waals surface area contributed by atoms with Crippen LogP contribution in [0.4, 0.5) is 10.1 Å². The van der Waals surface area contributed by atoms with Crippen LogP contribution in [0, 0.1) is 18.2 Å². The Morgan fingerprint density at radius 3 is 2.70 bits per heavy atom. The highest BCUT2D eigenvalue weighted by Crippen LogP contribution is 2.16. The van der Waals surface area contributed by atoms with Crippen molar-refractivity contribution in [1.29, 1.82) is 5.41 Å². The number of nitrogens with two attached hydrogens (primary N) is 1. The number of nitrogen functional groups attached to an aromatic ring is 1. The Bertz CT molecular complexity index is 1100. The fourth-order valence-electron chi connectivity index (χ4n) is 3.06. The number of benzene rings is 2. The Kier molecular flexibility index (Phi) is 6.54. The summed E-state index contributed by atoms with van der Waals surface area (Å²) in [5, 5.41) is 20.0. The van der Waals surface area contributed by atoms with E-state index < -0.39 is 5.82 Å². The van der Waals surface area contributed by atoms with E-state index in [1.54, 1.807) is 30.5 Å². The number of aliphatic hydroxyl groups is 1. The van der Waals surface area contributed by atoms with E-state index in [1.807, 2.05) is 19.1 Å². The lowest BCUT2D eigenvalue weighted by Gasteiger charge is -2.11. The number of aliphatic hydroxyl groups excluding tert-OH is 1. The molecule has 30 heavy (non-hydrogen) atoms. The lowest BCUT2D eigenvalue weighted by Crippen LogP contribution is -2.30. The fraction of sp³-hybridized carbons (Fsp3) is 0.174. The van der Waals surface area contributed by atoms with E-state index >= 15 is 0 Å². The molecule has 0 bridgehead atoms. The first kappa shape index (κ1) is 21.1. The van der Waals surface area contributed by atoms with Crippen LogP contribution in [0.5, 0.6) is 0 Å². The largest absolute Gasteiger partial charge is 0.398 e. The van der Waals surface area contributed by atoms with Gasteiger partial charge >= 0.3 is 0 Å². The highest BCUT2D eigenvalue weighted by atomic mass is 19.1. The van der Waals surface area contributed by atoms with E-state index in [0.717, 1.165) is 5.56 Å². The third-order valence-electron chi connectivity index (χ3n) is 4.71. The zero-order chi connectivity index (χ0) is 21.7. The van der Waals surface area contributed by atoms with Crippen LogP contribution in [0.1, 0.15) is 38.2 Å². The maximum Gasteiger partial charge on any atom is 0.253 e. The van der Waals surface area contributed by atoms with Gasteiger partial charge in [0.15, 0.2) is 0 Å². The minimum Gasteiger partial charge on any atom is -0.398 e. The summed E-state index contributed by atoms with van der Waals surface area (Å²) in [5.74, 6) is -0.794. The molecule has 0 aliphatic rings. The first-order chi connectivity index (χ1) is 14.4. The molecule has 3 rings (SSSR count). The molecule has 154 valence electrons. The summed E-state index contributed by atoms with van der Waals surface area (Å²) in [6, 6.07) is 11.6. The lowest BCUT2D eigenvalue weighted by atomic mass is 10.0. The molecule has 0 saturated carbocycles. The minimum absolute atomic E-state index is 0.0218. The first-order valence-electron chi connectivity index (χ1n) is 9.41. The number of anilines is 1. The van der Waals surface area contributed by atoms with Crippen molar-refractivity contribution < 1.29 is 14.3 Å². The van der Waals surface area contributed by atoms with Gasteiger partial charge in [-0.15, -0.1) is 0 Å². The topological polar surface area (TPSA) is 112 Å². The van der Waals surface area contributed by atoms with Crippen molar-refractivity contribution in [3.63, 3.8) is 0 Å². The molecule has 0 unspecified atom stereocenters. The molecule has 3 aromatic rings. The quantitative estimate of drug-likeness (QED) is 0.357. The molecule has 0 fully saturated rings. The summed E-state index contributed by atoms with van der Waals surface area (Å²) in [6.07, 6.45) is 3.27. The molecule has 0 radical (unpaired) electrons. The van der Waals surface area contributed by atoms with Gasteiger partial charge in [0.1, 0.15) is 5.82 Å². The van der Waals surface area contributed by atoms with Crippen LogP contribution in [0.3, 0.4) is 0 Å². The standard InChI is InChI=1S/C23H23FN4O2/c1-14-2-5-21(25)19(6-14)22(26)12-28-23(30)18-8-16(10-27-11-18)7-17-4-3-15(13-29)9-20(17)24/h2-6,8-11,26,29H,7,12-13,25H2,1H3,(H,28,30). The van der Waals surface area contributed by atoms with Crippen LogP contribution in [0.25, 0.3) is 0 Å². The van der Waals surface area contributed by atoms with Gasteiger partial charge in [0.2, 0.25) is 0 Å². The van der Waals surface area contributed by atoms with Crippen LogP contribution in [0.15, 0.2) is 54.9 Å². The second kappa shape index (κ2) is 9.28. The zero-order valence-corrected chi connectivity index (χ0v) is 16.6. The number of halogens is 1. The van der Waals surface area contributed by atoms with Crippen LogP contribution in [-0.2, 0) is 13.0 Å². The molecule has 0 atom stereocenters. The smallest absolute Gasteiger partial charge is 0.253 e. The van der Waals surface area contributed by atoms with E-state index in [-0.39, 0.29) is 31.2 Å². The molecule has 1 amide bonds. The molecular formula is C23H23FN4O2. The van der Waals surface area contributed by atoms with E-state index in [0.29, 0.717) is 33.5 Å². The van der Waals surface area contributed by atoms with Gasteiger partial charge in [-0.3, -0.25) is 9.78 Å². The molecule has 0 spiro atoms. The number of aryl methyl sites for hydroxylation is 1. The highest BCUT2D eigenvalue weighted by Gasteiger charge is 2.12. The van der Waals surface area contributed by atoms with Crippen molar-refractivity contribution in [2.75, 3.05) is 12.3 Å². The van der Waals surface area contributed by atoms with Crippen molar-refractivity contribution >= 4 is 17.3 Å². The molecule has 5 N–H and O–H groups in total. The van der Waals surface area contributed by atoms with Crippen molar-refractivity contribution in [2.45, 2.75) is 20.0 Å². The van der Waals surface area contributed by atoms with Gasteiger partial charge in [-0.05, 0) is 47.9 Å². The molecule has 0 aliphatic heterocycles. The maximum atomic E-state index is 14.2. The second-order valence-corrected chi connectivity index (χ2v) is 7.09. The first-order valence-corrected chi connectivity index (χ1v) is 9.41. The molecule has 0 saturated heterocycles. The third kappa shape index (κ3) is 5.07. The predicted octanol–water partition coefficient (Wildman–Crippen LogP) is 2.99. The number of hydrogen-bond acceptors (Lipinski definition) is 5. The second-order valence-electron chi connectivity index (χ2n) is 7.09. The molecule has 2 aromatic carbocycles. The predicted molar refractivity (Wildman–Crippen MR) is 114 cm³/mol. The van der Waals surface area contributed by atoms with Crippen LogP contribution in [-0.4, -0.2) is 28.3 Å². The molecule has 1 heterocycles. The highest BCUT2D eigenvalue weighted by molar-refractivity contribution is 6.06. The minimum atomic E-state index is -0.416. The molecule has 6 nitrogen and oxygen atoms in total. The van der Waals surface area contributed by atoms with Gasteiger partial charge < -0.3 is 21.6 Å². The van der Waals surface area contributed by atoms with Crippen molar-refractivity contribution in [3.8, 4) is 0 Å². The van der Waals surface area contributed by atoms with E-state index in [9.17, 15) is 9.18 Å². The van der Waals surface area contributed by atoms with Crippen LogP contribution in [0.2, 0.25) is 0 Å². The number of pyridine rings is 1. The number of hydrogen-bond donors (Lipinski definition) is 4. The maximum absolute atomic E-state index is 14.2. The average Bonchev–Trinajstić information content (AvgIpc) is 2.75. The summed E-state index contributed by atoms with van der Waals surface area (Å²) in [7, 11) is 0. The molecular weight excluding hydrogens is 383 g/mol. The Morgan fingerprint density at radius 2 is 1.97 bits per heavy atom. The Hall–Kier alpha value is -3.58. The Labute approximate surface area is 174 Å². The van der Waals surface area contributed by atoms with Gasteiger partial charge in [-0.2, -0.15) is 0 Å². The monoisotopic (exact) mass is 406 g/mol. The number of carbonyl (C=O) groups is 1. The summed E-state index contributed by atoms with van der Waals surface area (Å²) < 4.78 is 14.2. The zero-order valence-electron chi connectivity index (χ0n) is 16.6. The SMILES string of the molecule is Cc1ccc(N)c(C(=N)CNC(=O)c2cncc(Cc3ccc(CO)cc3F)c2)c1. The molecule has 1 aromatic heterocycles. The van der Waals surface area contributed by atoms with Crippen molar-refractivity contribution in [3.05, 3.63) is 94.1 Å². The Morgan fingerprint density at radius 1 is 1.17 bits per heavy atom. The summed E-state index contributed by atoms with van der Waals surface area (Å²) in [6.45, 7) is 1.71. The number of aromatic nitrogens is 1. The number of nitrogens with one attached hydrogen (secondary N) is 2. The normalized spacial score (nSPS) is 10.6. The van der Waals surface area contributed by atoms with Gasteiger partial charge in [0, 0.05) is 30.1 Å². The third-order valence-corrected chi connectivity index (χ3v) is 4.71. The molecule has 0 aliphatic carbocycles. The Balaban J connectivity index is 1.67. The summed E-state index contributed by atoms with van der Waals surface area (Å²) in [5.41, 5.74) is 10.1. The van der Waals surface area contributed by atoms with E-state index in [2.05, 4.69) is 10.3 Å². The number of nitrogens with zero attached hydrogens (tertiary/aromatic N) is 1. The van der Waals surface area contributed by atoms with Gasteiger partial charge in [-0.1, -0.05) is 23.8 Å². The van der Waals surface area contributed by atoms with Crippen molar-refractivity contribution in [1.82, 2.24) is 10.3 Å². The van der Waals surface area contributed by atoms with E-state index in [1.165, 1.54) is 12.3 Å². The van der Waals surface area contributed by atoms with Crippen molar-refractivity contribution in [2.24, 2.45) is 0 Å². The van der Waals surface area contributed by atoms with E-state index in [4.69, 9.17) is 16.2 Å². The lowest BCUT2D eigenvalue weighted by molar-refractivity contribution is 0.0959. The van der Waals surface area contributed by atoms with Crippen LogP contribution >= 0.6 is 0 Å².